The van der Waals surface area contributed by atoms with Crippen LogP contribution in [0.5, 0.6) is 0 Å². The van der Waals surface area contributed by atoms with E-state index in [-0.39, 0.29) is 5.41 Å². The highest BCUT2D eigenvalue weighted by atomic mass is 16.5. The lowest BCUT2D eigenvalue weighted by atomic mass is 9.70. The SMILES string of the molecule is CCOCC(COCC)(CC(C)CC)C(C)CC. The van der Waals surface area contributed by atoms with E-state index in [9.17, 15) is 0 Å². The molecule has 0 heterocycles. The van der Waals surface area contributed by atoms with Crippen molar-refractivity contribution in [3.05, 3.63) is 0 Å². The Morgan fingerprint density at radius 1 is 0.833 bits per heavy atom. The largest absolute Gasteiger partial charge is 0.381 e. The van der Waals surface area contributed by atoms with Crippen molar-refractivity contribution in [1.29, 1.82) is 0 Å². The van der Waals surface area contributed by atoms with Gasteiger partial charge in [-0.05, 0) is 32.1 Å². The smallest absolute Gasteiger partial charge is 0.0547 e. The highest BCUT2D eigenvalue weighted by Gasteiger charge is 2.37. The van der Waals surface area contributed by atoms with E-state index in [1.807, 2.05) is 0 Å². The maximum atomic E-state index is 5.78. The molecule has 0 spiro atoms. The van der Waals surface area contributed by atoms with Gasteiger partial charge in [-0.15, -0.1) is 0 Å². The van der Waals surface area contributed by atoms with Crippen LogP contribution in [-0.4, -0.2) is 26.4 Å². The molecular formula is C16H34O2. The molecule has 0 saturated carbocycles. The zero-order valence-corrected chi connectivity index (χ0v) is 13.4. The maximum Gasteiger partial charge on any atom is 0.0547 e. The average Bonchev–Trinajstić information content (AvgIpc) is 2.40. The summed E-state index contributed by atoms with van der Waals surface area (Å²) in [7, 11) is 0. The topological polar surface area (TPSA) is 18.5 Å². The highest BCUT2D eigenvalue weighted by molar-refractivity contribution is 4.85. The standard InChI is InChI=1S/C16H34O2/c1-7-14(5)11-16(12-17-9-3,13-18-10-4)15(6)8-2/h14-15H,7-13H2,1-6H3. The van der Waals surface area contributed by atoms with E-state index in [1.54, 1.807) is 0 Å². The van der Waals surface area contributed by atoms with Crippen molar-refractivity contribution in [3.63, 3.8) is 0 Å². The third kappa shape index (κ3) is 5.71. The summed E-state index contributed by atoms with van der Waals surface area (Å²) < 4.78 is 11.6. The fourth-order valence-corrected chi connectivity index (χ4v) is 2.53. The van der Waals surface area contributed by atoms with Gasteiger partial charge >= 0.3 is 0 Å². The first-order valence-electron chi connectivity index (χ1n) is 7.71. The first kappa shape index (κ1) is 17.9. The molecule has 0 aromatic rings. The molecule has 2 unspecified atom stereocenters. The van der Waals surface area contributed by atoms with E-state index < -0.39 is 0 Å². The summed E-state index contributed by atoms with van der Waals surface area (Å²) in [5.41, 5.74) is 0.191. The molecule has 2 atom stereocenters. The van der Waals surface area contributed by atoms with Crippen LogP contribution in [0.4, 0.5) is 0 Å². The van der Waals surface area contributed by atoms with Crippen LogP contribution in [0.3, 0.4) is 0 Å². The minimum Gasteiger partial charge on any atom is -0.381 e. The van der Waals surface area contributed by atoms with E-state index in [4.69, 9.17) is 9.47 Å². The van der Waals surface area contributed by atoms with E-state index >= 15 is 0 Å². The predicted octanol–water partition coefficient (Wildman–Crippen LogP) is 4.53. The van der Waals surface area contributed by atoms with Gasteiger partial charge in [0.1, 0.15) is 0 Å². The fourth-order valence-electron chi connectivity index (χ4n) is 2.53. The summed E-state index contributed by atoms with van der Waals surface area (Å²) in [6, 6.07) is 0. The lowest BCUT2D eigenvalue weighted by molar-refractivity contribution is -0.0607. The van der Waals surface area contributed by atoms with Crippen molar-refractivity contribution in [2.75, 3.05) is 26.4 Å². The van der Waals surface area contributed by atoms with Crippen LogP contribution < -0.4 is 0 Å². The molecule has 110 valence electrons. The third-order valence-corrected chi connectivity index (χ3v) is 4.30. The van der Waals surface area contributed by atoms with Gasteiger partial charge in [0.25, 0.3) is 0 Å². The minimum absolute atomic E-state index is 0.191. The van der Waals surface area contributed by atoms with Crippen LogP contribution in [-0.2, 0) is 9.47 Å². The second-order valence-electron chi connectivity index (χ2n) is 5.66. The van der Waals surface area contributed by atoms with Crippen molar-refractivity contribution in [1.82, 2.24) is 0 Å². The van der Waals surface area contributed by atoms with Crippen LogP contribution in [0.15, 0.2) is 0 Å². The second-order valence-corrected chi connectivity index (χ2v) is 5.66. The molecule has 0 fully saturated rings. The summed E-state index contributed by atoms with van der Waals surface area (Å²) in [6.45, 7) is 16.6. The summed E-state index contributed by atoms with van der Waals surface area (Å²) in [4.78, 5) is 0. The van der Waals surface area contributed by atoms with Gasteiger partial charge in [0.15, 0.2) is 0 Å². The van der Waals surface area contributed by atoms with Gasteiger partial charge in [0.05, 0.1) is 13.2 Å². The zero-order valence-electron chi connectivity index (χ0n) is 13.4. The summed E-state index contributed by atoms with van der Waals surface area (Å²) >= 11 is 0. The first-order valence-corrected chi connectivity index (χ1v) is 7.71. The maximum absolute atomic E-state index is 5.78. The van der Waals surface area contributed by atoms with Crippen molar-refractivity contribution in [2.24, 2.45) is 17.3 Å². The molecule has 2 heteroatoms. The molecule has 0 bridgehead atoms. The number of hydrogen-bond donors (Lipinski definition) is 0. The molecule has 0 aromatic carbocycles. The van der Waals surface area contributed by atoms with Crippen LogP contribution >= 0.6 is 0 Å². The van der Waals surface area contributed by atoms with E-state index in [0.29, 0.717) is 5.92 Å². The lowest BCUT2D eigenvalue weighted by Gasteiger charge is -2.40. The number of ether oxygens (including phenoxy) is 2. The van der Waals surface area contributed by atoms with E-state index in [2.05, 4.69) is 41.5 Å². The molecular weight excluding hydrogens is 224 g/mol. The summed E-state index contributed by atoms with van der Waals surface area (Å²) in [5.74, 6) is 1.38. The molecule has 0 N–H and O–H groups in total. The molecule has 0 rings (SSSR count). The molecule has 0 saturated heterocycles. The van der Waals surface area contributed by atoms with Gasteiger partial charge in [-0.2, -0.15) is 0 Å². The van der Waals surface area contributed by atoms with E-state index in [1.165, 1.54) is 19.3 Å². The molecule has 0 aromatic heterocycles. The van der Waals surface area contributed by atoms with Crippen molar-refractivity contribution in [2.45, 2.75) is 60.8 Å². The number of hydrogen-bond acceptors (Lipinski definition) is 2. The monoisotopic (exact) mass is 258 g/mol. The van der Waals surface area contributed by atoms with Crippen molar-refractivity contribution >= 4 is 0 Å². The Kier molecular flexibility index (Phi) is 9.76. The Labute approximate surface area is 114 Å². The normalized spacial score (nSPS) is 15.7. The van der Waals surface area contributed by atoms with Crippen LogP contribution in [0.1, 0.15) is 60.8 Å². The molecule has 0 amide bonds. The molecule has 2 nitrogen and oxygen atoms in total. The van der Waals surface area contributed by atoms with Crippen LogP contribution in [0, 0.1) is 17.3 Å². The van der Waals surface area contributed by atoms with Gasteiger partial charge < -0.3 is 9.47 Å². The molecule has 18 heavy (non-hydrogen) atoms. The second kappa shape index (κ2) is 9.80. The van der Waals surface area contributed by atoms with Gasteiger partial charge in [0, 0.05) is 18.6 Å². The van der Waals surface area contributed by atoms with Crippen LogP contribution in [0.2, 0.25) is 0 Å². The third-order valence-electron chi connectivity index (χ3n) is 4.30. The quantitative estimate of drug-likeness (QED) is 0.542. The Balaban J connectivity index is 4.85. The molecule has 0 aliphatic heterocycles. The Morgan fingerprint density at radius 2 is 1.33 bits per heavy atom. The van der Waals surface area contributed by atoms with Crippen molar-refractivity contribution < 1.29 is 9.47 Å². The summed E-state index contributed by atoms with van der Waals surface area (Å²) in [5, 5.41) is 0. The van der Waals surface area contributed by atoms with Crippen LogP contribution in [0.25, 0.3) is 0 Å². The average molecular weight is 258 g/mol. The van der Waals surface area contributed by atoms with E-state index in [0.717, 1.165) is 32.3 Å². The summed E-state index contributed by atoms with van der Waals surface area (Å²) in [6.07, 6.45) is 3.63. The molecule has 0 aliphatic rings. The first-order chi connectivity index (χ1) is 8.56. The Bertz CT molecular complexity index is 184. The van der Waals surface area contributed by atoms with Gasteiger partial charge in [0.2, 0.25) is 0 Å². The van der Waals surface area contributed by atoms with Gasteiger partial charge in [-0.3, -0.25) is 0 Å². The fraction of sp³-hybridized carbons (Fsp3) is 1.00. The lowest BCUT2D eigenvalue weighted by Crippen LogP contribution is -2.40. The van der Waals surface area contributed by atoms with Crippen molar-refractivity contribution in [3.8, 4) is 0 Å². The Hall–Kier alpha value is -0.0800. The van der Waals surface area contributed by atoms with Gasteiger partial charge in [-0.25, -0.2) is 0 Å². The van der Waals surface area contributed by atoms with Gasteiger partial charge in [-0.1, -0.05) is 40.5 Å². The minimum atomic E-state index is 0.191. The zero-order chi connectivity index (χ0) is 14.0. The molecule has 0 radical (unpaired) electrons. The Morgan fingerprint density at radius 3 is 1.67 bits per heavy atom. The highest BCUT2D eigenvalue weighted by Crippen LogP contribution is 2.38. The number of rotatable bonds is 11. The molecule has 0 aliphatic carbocycles. The predicted molar refractivity (Wildman–Crippen MR) is 78.9 cm³/mol.